The molecule has 0 aromatic heterocycles. The molecule has 4 nitrogen and oxygen atoms in total. The Morgan fingerprint density at radius 2 is 1.90 bits per heavy atom. The highest BCUT2D eigenvalue weighted by Crippen LogP contribution is 2.39. The average molecular weight is 288 g/mol. The van der Waals surface area contributed by atoms with Crippen molar-refractivity contribution in [3.63, 3.8) is 0 Å². The minimum Gasteiger partial charge on any atom is -0.379 e. The fraction of sp³-hybridized carbons (Fsp3) is 0.200. The molecule has 0 aliphatic carbocycles. The second-order valence-corrected chi connectivity index (χ2v) is 5.37. The molecule has 0 amide bonds. The maximum Gasteiger partial charge on any atom is 0.306 e. The minimum absolute atomic E-state index is 0.148. The molecule has 0 atom stereocenters. The van der Waals surface area contributed by atoms with Crippen LogP contribution >= 0.6 is 11.8 Å². The summed E-state index contributed by atoms with van der Waals surface area (Å²) in [4.78, 5) is 12.7. The van der Waals surface area contributed by atoms with Crippen molar-refractivity contribution >= 4 is 23.1 Å². The first kappa shape index (κ1) is 14.4. The Kier molecular flexibility index (Phi) is 5.01. The normalized spacial score (nSPS) is 10.2. The van der Waals surface area contributed by atoms with Gasteiger partial charge in [-0.3, -0.25) is 10.1 Å². The van der Waals surface area contributed by atoms with Gasteiger partial charge in [0.25, 0.3) is 0 Å². The highest BCUT2D eigenvalue weighted by molar-refractivity contribution is 7.99. The van der Waals surface area contributed by atoms with Gasteiger partial charge < -0.3 is 5.32 Å². The Labute approximate surface area is 122 Å². The topological polar surface area (TPSA) is 55.2 Å². The van der Waals surface area contributed by atoms with Gasteiger partial charge in [-0.15, -0.1) is 0 Å². The largest absolute Gasteiger partial charge is 0.379 e. The van der Waals surface area contributed by atoms with Crippen LogP contribution in [-0.2, 0) is 0 Å². The number of hydrogen-bond donors (Lipinski definition) is 1. The Balaban J connectivity index is 2.34. The van der Waals surface area contributed by atoms with Crippen LogP contribution in [0.5, 0.6) is 0 Å². The first-order chi connectivity index (χ1) is 9.72. The third-order valence-electron chi connectivity index (χ3n) is 2.72. The molecule has 0 heterocycles. The van der Waals surface area contributed by atoms with E-state index in [1.807, 2.05) is 43.3 Å². The number of hydrogen-bond acceptors (Lipinski definition) is 4. The molecule has 2 aromatic carbocycles. The SMILES string of the molecule is CCCNc1cccc(Sc2ccccc2)c1[N+](=O)[O-]. The average Bonchev–Trinajstić information content (AvgIpc) is 2.46. The first-order valence-electron chi connectivity index (χ1n) is 6.46. The van der Waals surface area contributed by atoms with Crippen molar-refractivity contribution in [3.8, 4) is 0 Å². The van der Waals surface area contributed by atoms with Gasteiger partial charge in [-0.25, -0.2) is 0 Å². The summed E-state index contributed by atoms with van der Waals surface area (Å²) in [5.41, 5.74) is 0.729. The molecule has 0 saturated heterocycles. The standard InChI is InChI=1S/C15H16N2O2S/c1-2-11-16-13-9-6-10-14(15(13)17(18)19)20-12-7-4-3-5-8-12/h3-10,16H,2,11H2,1H3. The number of benzene rings is 2. The van der Waals surface area contributed by atoms with Crippen LogP contribution in [-0.4, -0.2) is 11.5 Å². The number of nitro groups is 1. The summed E-state index contributed by atoms with van der Waals surface area (Å²) in [6, 6.07) is 15.0. The Morgan fingerprint density at radius 1 is 1.15 bits per heavy atom. The molecule has 0 radical (unpaired) electrons. The molecule has 5 heteroatoms. The quantitative estimate of drug-likeness (QED) is 0.625. The Bertz CT molecular complexity index is 588. The van der Waals surface area contributed by atoms with Crippen LogP contribution in [0.3, 0.4) is 0 Å². The summed E-state index contributed by atoms with van der Waals surface area (Å²) < 4.78 is 0. The molecular formula is C15H16N2O2S. The molecule has 104 valence electrons. The molecular weight excluding hydrogens is 272 g/mol. The van der Waals surface area contributed by atoms with Crippen LogP contribution in [0.2, 0.25) is 0 Å². The predicted molar refractivity (Wildman–Crippen MR) is 82.4 cm³/mol. The van der Waals surface area contributed by atoms with Gasteiger partial charge in [0.05, 0.1) is 9.82 Å². The monoisotopic (exact) mass is 288 g/mol. The van der Waals surface area contributed by atoms with Crippen LogP contribution in [0.15, 0.2) is 58.3 Å². The lowest BCUT2D eigenvalue weighted by Crippen LogP contribution is -2.03. The number of nitrogens with zero attached hydrogens (tertiary/aromatic N) is 1. The Hall–Kier alpha value is -2.01. The van der Waals surface area contributed by atoms with Crippen molar-refractivity contribution in [2.75, 3.05) is 11.9 Å². The van der Waals surface area contributed by atoms with Gasteiger partial charge >= 0.3 is 5.69 Å². The second-order valence-electron chi connectivity index (χ2n) is 4.25. The zero-order chi connectivity index (χ0) is 14.4. The highest BCUT2D eigenvalue weighted by Gasteiger charge is 2.19. The zero-order valence-electron chi connectivity index (χ0n) is 11.2. The van der Waals surface area contributed by atoms with E-state index >= 15 is 0 Å². The van der Waals surface area contributed by atoms with Crippen LogP contribution in [0.25, 0.3) is 0 Å². The van der Waals surface area contributed by atoms with E-state index in [4.69, 9.17) is 0 Å². The van der Waals surface area contributed by atoms with Crippen LogP contribution < -0.4 is 5.32 Å². The summed E-state index contributed by atoms with van der Waals surface area (Å²) >= 11 is 1.41. The van der Waals surface area contributed by atoms with Gasteiger partial charge in [0, 0.05) is 11.4 Å². The number of nitro benzene ring substituents is 1. The van der Waals surface area contributed by atoms with Crippen molar-refractivity contribution < 1.29 is 4.92 Å². The molecule has 0 aliphatic rings. The predicted octanol–water partition coefficient (Wildman–Crippen LogP) is 4.57. The maximum atomic E-state index is 11.3. The summed E-state index contributed by atoms with van der Waals surface area (Å²) in [6.07, 6.45) is 0.924. The number of anilines is 1. The molecule has 2 aromatic rings. The summed E-state index contributed by atoms with van der Waals surface area (Å²) in [5.74, 6) is 0. The molecule has 0 unspecified atom stereocenters. The number of nitrogens with one attached hydrogen (secondary N) is 1. The van der Waals surface area contributed by atoms with E-state index in [0.29, 0.717) is 10.6 Å². The van der Waals surface area contributed by atoms with Gasteiger partial charge in [0.2, 0.25) is 0 Å². The van der Waals surface area contributed by atoms with Gasteiger partial charge in [-0.05, 0) is 30.7 Å². The van der Waals surface area contributed by atoms with E-state index in [-0.39, 0.29) is 10.6 Å². The van der Waals surface area contributed by atoms with Gasteiger partial charge in [0.15, 0.2) is 0 Å². The van der Waals surface area contributed by atoms with Gasteiger partial charge in [0.1, 0.15) is 5.69 Å². The van der Waals surface area contributed by atoms with Crippen LogP contribution in [0.4, 0.5) is 11.4 Å². The molecule has 20 heavy (non-hydrogen) atoms. The molecule has 0 bridgehead atoms. The van der Waals surface area contributed by atoms with E-state index in [1.165, 1.54) is 11.8 Å². The van der Waals surface area contributed by atoms with Crippen molar-refractivity contribution in [3.05, 3.63) is 58.6 Å². The first-order valence-corrected chi connectivity index (χ1v) is 7.28. The van der Waals surface area contributed by atoms with Crippen molar-refractivity contribution in [1.82, 2.24) is 0 Å². The summed E-state index contributed by atoms with van der Waals surface area (Å²) in [5, 5.41) is 14.5. The lowest BCUT2D eigenvalue weighted by molar-refractivity contribution is -0.386. The van der Waals surface area contributed by atoms with E-state index < -0.39 is 0 Å². The smallest absolute Gasteiger partial charge is 0.306 e. The molecule has 1 N–H and O–H groups in total. The van der Waals surface area contributed by atoms with E-state index in [2.05, 4.69) is 5.32 Å². The van der Waals surface area contributed by atoms with Gasteiger partial charge in [-0.1, -0.05) is 43.0 Å². The van der Waals surface area contributed by atoms with E-state index in [9.17, 15) is 10.1 Å². The lowest BCUT2D eigenvalue weighted by Gasteiger charge is -2.09. The van der Waals surface area contributed by atoms with Crippen molar-refractivity contribution in [2.24, 2.45) is 0 Å². The van der Waals surface area contributed by atoms with E-state index in [0.717, 1.165) is 17.9 Å². The molecule has 0 fully saturated rings. The Morgan fingerprint density at radius 3 is 2.55 bits per heavy atom. The highest BCUT2D eigenvalue weighted by atomic mass is 32.2. The lowest BCUT2D eigenvalue weighted by atomic mass is 10.2. The van der Waals surface area contributed by atoms with Gasteiger partial charge in [-0.2, -0.15) is 0 Å². The third-order valence-corrected chi connectivity index (χ3v) is 3.78. The number of rotatable bonds is 6. The summed E-state index contributed by atoms with van der Waals surface area (Å²) in [7, 11) is 0. The number of para-hydroxylation sites is 1. The van der Waals surface area contributed by atoms with Crippen molar-refractivity contribution in [2.45, 2.75) is 23.1 Å². The molecule has 0 spiro atoms. The fourth-order valence-electron chi connectivity index (χ4n) is 1.81. The minimum atomic E-state index is -0.316. The van der Waals surface area contributed by atoms with Crippen LogP contribution in [0.1, 0.15) is 13.3 Å². The fourth-order valence-corrected chi connectivity index (χ4v) is 2.79. The van der Waals surface area contributed by atoms with Crippen LogP contribution in [0, 0.1) is 10.1 Å². The van der Waals surface area contributed by atoms with E-state index in [1.54, 1.807) is 12.1 Å². The summed E-state index contributed by atoms with van der Waals surface area (Å²) in [6.45, 7) is 2.75. The van der Waals surface area contributed by atoms with Crippen molar-refractivity contribution in [1.29, 1.82) is 0 Å². The zero-order valence-corrected chi connectivity index (χ0v) is 12.0. The second kappa shape index (κ2) is 6.96. The molecule has 0 aliphatic heterocycles. The third kappa shape index (κ3) is 3.51. The maximum absolute atomic E-state index is 11.3. The molecule has 2 rings (SSSR count). The molecule has 0 saturated carbocycles.